The maximum atomic E-state index is 12.2. The highest BCUT2D eigenvalue weighted by molar-refractivity contribution is 7.88. The summed E-state index contributed by atoms with van der Waals surface area (Å²) in [5.74, 6) is 1.01. The van der Waals surface area contributed by atoms with Gasteiger partial charge < -0.3 is 10.1 Å². The Hall–Kier alpha value is -1.11. The monoisotopic (exact) mass is 298 g/mol. The molecule has 1 aromatic carbocycles. The fourth-order valence-corrected chi connectivity index (χ4v) is 3.88. The van der Waals surface area contributed by atoms with Crippen molar-refractivity contribution in [2.75, 3.05) is 20.2 Å². The number of sulfonamides is 1. The fraction of sp³-hybridized carbons (Fsp3) is 0.571. The maximum Gasteiger partial charge on any atom is 0.216 e. The van der Waals surface area contributed by atoms with Gasteiger partial charge in [-0.15, -0.1) is 0 Å². The smallest absolute Gasteiger partial charge is 0.216 e. The fourth-order valence-electron chi connectivity index (χ4n) is 2.40. The molecule has 0 bridgehead atoms. The van der Waals surface area contributed by atoms with Crippen molar-refractivity contribution in [1.29, 1.82) is 0 Å². The first-order valence-corrected chi connectivity index (χ1v) is 8.49. The van der Waals surface area contributed by atoms with Gasteiger partial charge in [0.25, 0.3) is 0 Å². The Morgan fingerprint density at radius 1 is 1.45 bits per heavy atom. The molecule has 112 valence electrons. The van der Waals surface area contributed by atoms with Crippen LogP contribution in [0.4, 0.5) is 0 Å². The second-order valence-electron chi connectivity index (χ2n) is 5.31. The first kappa shape index (κ1) is 15.3. The van der Waals surface area contributed by atoms with Crippen LogP contribution in [-0.4, -0.2) is 34.7 Å². The first-order chi connectivity index (χ1) is 9.50. The Morgan fingerprint density at radius 2 is 2.25 bits per heavy atom. The molecule has 2 atom stereocenters. The van der Waals surface area contributed by atoms with Crippen molar-refractivity contribution < 1.29 is 13.2 Å². The van der Waals surface area contributed by atoms with Crippen molar-refractivity contribution in [3.05, 3.63) is 29.8 Å². The maximum absolute atomic E-state index is 12.2. The molecule has 1 fully saturated rings. The molecule has 1 saturated heterocycles. The molecule has 1 aliphatic heterocycles. The number of piperidine rings is 1. The van der Waals surface area contributed by atoms with Crippen LogP contribution >= 0.6 is 0 Å². The van der Waals surface area contributed by atoms with Gasteiger partial charge in [0.1, 0.15) is 5.75 Å². The SMILES string of the molecule is COc1cccc(CS(=O)(=O)NC2CNCCC2C)c1. The second-order valence-corrected chi connectivity index (χ2v) is 7.06. The highest BCUT2D eigenvalue weighted by Crippen LogP contribution is 2.16. The lowest BCUT2D eigenvalue weighted by Crippen LogP contribution is -2.50. The number of hydrogen-bond donors (Lipinski definition) is 2. The van der Waals surface area contributed by atoms with E-state index in [4.69, 9.17) is 4.74 Å². The van der Waals surface area contributed by atoms with Crippen molar-refractivity contribution in [3.8, 4) is 5.75 Å². The lowest BCUT2D eigenvalue weighted by atomic mass is 9.96. The predicted molar refractivity (Wildman–Crippen MR) is 79.2 cm³/mol. The summed E-state index contributed by atoms with van der Waals surface area (Å²) in [5.41, 5.74) is 0.730. The third kappa shape index (κ3) is 4.19. The van der Waals surface area contributed by atoms with Crippen LogP contribution < -0.4 is 14.8 Å². The average Bonchev–Trinajstić information content (AvgIpc) is 2.41. The molecule has 0 amide bonds. The van der Waals surface area contributed by atoms with Crippen LogP contribution in [-0.2, 0) is 15.8 Å². The number of ether oxygens (including phenoxy) is 1. The zero-order valence-electron chi connectivity index (χ0n) is 11.9. The van der Waals surface area contributed by atoms with Gasteiger partial charge in [0.2, 0.25) is 10.0 Å². The molecule has 2 rings (SSSR count). The van der Waals surface area contributed by atoms with E-state index in [1.807, 2.05) is 0 Å². The molecule has 1 aliphatic rings. The number of methoxy groups -OCH3 is 1. The largest absolute Gasteiger partial charge is 0.497 e. The van der Waals surface area contributed by atoms with E-state index >= 15 is 0 Å². The molecule has 1 aromatic rings. The molecule has 6 heteroatoms. The average molecular weight is 298 g/mol. The van der Waals surface area contributed by atoms with Gasteiger partial charge in [-0.05, 0) is 36.6 Å². The lowest BCUT2D eigenvalue weighted by Gasteiger charge is -2.30. The Bertz CT molecular complexity index is 545. The first-order valence-electron chi connectivity index (χ1n) is 6.84. The van der Waals surface area contributed by atoms with Crippen LogP contribution in [0, 0.1) is 5.92 Å². The molecular formula is C14H22N2O3S. The Labute approximate surface area is 120 Å². The van der Waals surface area contributed by atoms with E-state index in [0.29, 0.717) is 18.2 Å². The van der Waals surface area contributed by atoms with Gasteiger partial charge in [-0.1, -0.05) is 19.1 Å². The lowest BCUT2D eigenvalue weighted by molar-refractivity contribution is 0.327. The van der Waals surface area contributed by atoms with Crippen LogP contribution in [0.3, 0.4) is 0 Å². The molecule has 0 radical (unpaired) electrons. The second kappa shape index (κ2) is 6.56. The molecule has 20 heavy (non-hydrogen) atoms. The Kier molecular flexibility index (Phi) is 5.01. The third-order valence-corrected chi connectivity index (χ3v) is 5.02. The number of benzene rings is 1. The molecule has 0 aliphatic carbocycles. The van der Waals surface area contributed by atoms with Gasteiger partial charge in [-0.3, -0.25) is 0 Å². The van der Waals surface area contributed by atoms with Crippen molar-refractivity contribution in [2.24, 2.45) is 5.92 Å². The molecular weight excluding hydrogens is 276 g/mol. The van der Waals surface area contributed by atoms with Crippen molar-refractivity contribution in [1.82, 2.24) is 10.0 Å². The van der Waals surface area contributed by atoms with E-state index in [1.165, 1.54) is 0 Å². The minimum absolute atomic E-state index is 0.0204. The molecule has 0 saturated carbocycles. The third-order valence-electron chi connectivity index (χ3n) is 3.65. The molecule has 0 spiro atoms. The van der Waals surface area contributed by atoms with Crippen LogP contribution in [0.15, 0.2) is 24.3 Å². The highest BCUT2D eigenvalue weighted by Gasteiger charge is 2.25. The van der Waals surface area contributed by atoms with Gasteiger partial charge in [0.15, 0.2) is 0 Å². The van der Waals surface area contributed by atoms with Crippen LogP contribution in [0.2, 0.25) is 0 Å². The molecule has 5 nitrogen and oxygen atoms in total. The van der Waals surface area contributed by atoms with Crippen LogP contribution in [0.1, 0.15) is 18.9 Å². The van der Waals surface area contributed by atoms with Crippen LogP contribution in [0.25, 0.3) is 0 Å². The van der Waals surface area contributed by atoms with Crippen molar-refractivity contribution in [3.63, 3.8) is 0 Å². The van der Waals surface area contributed by atoms with Crippen molar-refractivity contribution >= 4 is 10.0 Å². The summed E-state index contributed by atoms with van der Waals surface area (Å²) >= 11 is 0. The van der Waals surface area contributed by atoms with Crippen molar-refractivity contribution in [2.45, 2.75) is 25.1 Å². The van der Waals surface area contributed by atoms with E-state index in [0.717, 1.165) is 18.5 Å². The van der Waals surface area contributed by atoms with E-state index in [9.17, 15) is 8.42 Å². The van der Waals surface area contributed by atoms with Crippen LogP contribution in [0.5, 0.6) is 5.75 Å². The number of hydrogen-bond acceptors (Lipinski definition) is 4. The van der Waals surface area contributed by atoms with Gasteiger partial charge in [0.05, 0.1) is 12.9 Å². The zero-order valence-corrected chi connectivity index (χ0v) is 12.7. The minimum Gasteiger partial charge on any atom is -0.497 e. The van der Waals surface area contributed by atoms with E-state index in [-0.39, 0.29) is 11.8 Å². The number of nitrogens with one attached hydrogen (secondary N) is 2. The molecule has 0 aromatic heterocycles. The summed E-state index contributed by atoms with van der Waals surface area (Å²) in [4.78, 5) is 0. The Morgan fingerprint density at radius 3 is 2.95 bits per heavy atom. The highest BCUT2D eigenvalue weighted by atomic mass is 32.2. The van der Waals surface area contributed by atoms with Gasteiger partial charge in [-0.2, -0.15) is 0 Å². The van der Waals surface area contributed by atoms with E-state index in [1.54, 1.807) is 31.4 Å². The molecule has 2 unspecified atom stereocenters. The topological polar surface area (TPSA) is 67.4 Å². The molecule has 2 N–H and O–H groups in total. The van der Waals surface area contributed by atoms with Gasteiger partial charge >= 0.3 is 0 Å². The summed E-state index contributed by atoms with van der Waals surface area (Å²) in [6.07, 6.45) is 0.992. The van der Waals surface area contributed by atoms with Gasteiger partial charge in [-0.25, -0.2) is 13.1 Å². The standard InChI is InChI=1S/C14H22N2O3S/c1-11-6-7-15-9-14(11)16-20(17,18)10-12-4-3-5-13(8-12)19-2/h3-5,8,11,14-16H,6-7,9-10H2,1-2H3. The predicted octanol–water partition coefficient (Wildman–Crippen LogP) is 1.11. The summed E-state index contributed by atoms with van der Waals surface area (Å²) in [7, 11) is -1.77. The van der Waals surface area contributed by atoms with Gasteiger partial charge in [0, 0.05) is 12.6 Å². The molecule has 1 heterocycles. The summed E-state index contributed by atoms with van der Waals surface area (Å²) in [6.45, 7) is 3.73. The minimum atomic E-state index is -3.34. The summed E-state index contributed by atoms with van der Waals surface area (Å²) < 4.78 is 32.4. The Balaban J connectivity index is 2.02. The summed E-state index contributed by atoms with van der Waals surface area (Å²) in [6, 6.07) is 7.12. The summed E-state index contributed by atoms with van der Waals surface area (Å²) in [5, 5.41) is 3.22. The van der Waals surface area contributed by atoms with E-state index < -0.39 is 10.0 Å². The quantitative estimate of drug-likeness (QED) is 0.854. The number of rotatable bonds is 5. The van der Waals surface area contributed by atoms with E-state index in [2.05, 4.69) is 17.0 Å². The zero-order chi connectivity index (χ0) is 14.6. The normalized spacial score (nSPS) is 23.5.